The highest BCUT2D eigenvalue weighted by Gasteiger charge is 2.41. The van der Waals surface area contributed by atoms with Crippen molar-refractivity contribution in [2.75, 3.05) is 6.61 Å². The Labute approximate surface area is 121 Å². The SMILES string of the molecule is CCOC(=O)[C@@H]1C[C@H](C(=O)O)NC1CCC(CC)CC. The smallest absolute Gasteiger partial charge is 0.320 e. The normalized spacial score (nSPS) is 25.9. The van der Waals surface area contributed by atoms with Gasteiger partial charge in [0.05, 0.1) is 12.5 Å². The maximum Gasteiger partial charge on any atom is 0.320 e. The van der Waals surface area contributed by atoms with Crippen LogP contribution < -0.4 is 5.32 Å². The first-order valence-corrected chi connectivity index (χ1v) is 7.68. The van der Waals surface area contributed by atoms with Crippen LogP contribution in [0.15, 0.2) is 0 Å². The van der Waals surface area contributed by atoms with Crippen LogP contribution in [0.3, 0.4) is 0 Å². The summed E-state index contributed by atoms with van der Waals surface area (Å²) in [6, 6.07) is -0.702. The maximum atomic E-state index is 12.0. The van der Waals surface area contributed by atoms with Gasteiger partial charge < -0.3 is 15.2 Å². The van der Waals surface area contributed by atoms with Gasteiger partial charge in [-0.15, -0.1) is 0 Å². The third-order valence-corrected chi connectivity index (χ3v) is 4.32. The van der Waals surface area contributed by atoms with E-state index >= 15 is 0 Å². The van der Waals surface area contributed by atoms with Gasteiger partial charge in [-0.1, -0.05) is 26.7 Å². The van der Waals surface area contributed by atoms with E-state index < -0.39 is 12.0 Å². The van der Waals surface area contributed by atoms with E-state index in [-0.39, 0.29) is 17.9 Å². The lowest BCUT2D eigenvalue weighted by molar-refractivity contribution is -0.148. The predicted molar refractivity (Wildman–Crippen MR) is 76.4 cm³/mol. The van der Waals surface area contributed by atoms with E-state index in [4.69, 9.17) is 9.84 Å². The van der Waals surface area contributed by atoms with Gasteiger partial charge in [-0.05, 0) is 32.1 Å². The van der Waals surface area contributed by atoms with Crippen molar-refractivity contribution in [3.63, 3.8) is 0 Å². The molecule has 0 aromatic rings. The Balaban J connectivity index is 2.63. The Morgan fingerprint density at radius 2 is 1.95 bits per heavy atom. The molecule has 1 aliphatic heterocycles. The van der Waals surface area contributed by atoms with Crippen molar-refractivity contribution in [1.82, 2.24) is 5.32 Å². The van der Waals surface area contributed by atoms with Gasteiger partial charge in [-0.3, -0.25) is 9.59 Å². The number of aliphatic carboxylic acids is 1. The van der Waals surface area contributed by atoms with Crippen molar-refractivity contribution in [2.24, 2.45) is 11.8 Å². The van der Waals surface area contributed by atoms with E-state index in [1.54, 1.807) is 6.92 Å². The second-order valence-electron chi connectivity index (χ2n) is 5.52. The van der Waals surface area contributed by atoms with Gasteiger partial charge in [0.15, 0.2) is 0 Å². The molecule has 0 aromatic heterocycles. The number of hydrogen-bond acceptors (Lipinski definition) is 4. The van der Waals surface area contributed by atoms with Gasteiger partial charge in [0, 0.05) is 6.04 Å². The number of nitrogens with one attached hydrogen (secondary N) is 1. The molecule has 0 spiro atoms. The minimum Gasteiger partial charge on any atom is -0.480 e. The maximum absolute atomic E-state index is 12.0. The van der Waals surface area contributed by atoms with Crippen LogP contribution in [0.4, 0.5) is 0 Å². The topological polar surface area (TPSA) is 75.6 Å². The molecule has 116 valence electrons. The number of rotatable bonds is 8. The molecule has 0 aromatic carbocycles. The molecule has 0 bridgehead atoms. The van der Waals surface area contributed by atoms with Crippen molar-refractivity contribution in [2.45, 2.75) is 65.0 Å². The van der Waals surface area contributed by atoms with Crippen LogP contribution in [0, 0.1) is 11.8 Å². The van der Waals surface area contributed by atoms with Crippen molar-refractivity contribution in [3.8, 4) is 0 Å². The molecule has 5 nitrogen and oxygen atoms in total. The van der Waals surface area contributed by atoms with E-state index in [0.717, 1.165) is 25.7 Å². The third kappa shape index (κ3) is 4.47. The molecule has 20 heavy (non-hydrogen) atoms. The third-order valence-electron chi connectivity index (χ3n) is 4.32. The lowest BCUT2D eigenvalue weighted by Gasteiger charge is -2.20. The summed E-state index contributed by atoms with van der Waals surface area (Å²) in [4.78, 5) is 23.1. The Morgan fingerprint density at radius 1 is 1.30 bits per heavy atom. The summed E-state index contributed by atoms with van der Waals surface area (Å²) in [6.07, 6.45) is 4.43. The number of esters is 1. The van der Waals surface area contributed by atoms with Gasteiger partial charge >= 0.3 is 11.9 Å². The molecule has 5 heteroatoms. The van der Waals surface area contributed by atoms with Crippen LogP contribution in [0.1, 0.15) is 52.9 Å². The fourth-order valence-electron chi connectivity index (χ4n) is 2.94. The van der Waals surface area contributed by atoms with Crippen LogP contribution in [-0.4, -0.2) is 35.7 Å². The molecule has 0 amide bonds. The van der Waals surface area contributed by atoms with Crippen LogP contribution in [0.25, 0.3) is 0 Å². The summed E-state index contributed by atoms with van der Waals surface area (Å²) >= 11 is 0. The highest BCUT2D eigenvalue weighted by Crippen LogP contribution is 2.28. The molecule has 0 aliphatic carbocycles. The van der Waals surface area contributed by atoms with E-state index in [9.17, 15) is 9.59 Å². The molecule has 1 rings (SSSR count). The zero-order chi connectivity index (χ0) is 15.1. The highest BCUT2D eigenvalue weighted by atomic mass is 16.5. The Kier molecular flexibility index (Phi) is 6.99. The van der Waals surface area contributed by atoms with Crippen molar-refractivity contribution in [3.05, 3.63) is 0 Å². The summed E-state index contributed by atoms with van der Waals surface area (Å²) < 4.78 is 5.07. The van der Waals surface area contributed by atoms with Gasteiger partial charge in [0.25, 0.3) is 0 Å². The van der Waals surface area contributed by atoms with Gasteiger partial charge in [-0.25, -0.2) is 0 Å². The van der Waals surface area contributed by atoms with E-state index in [1.807, 2.05) is 0 Å². The van der Waals surface area contributed by atoms with E-state index in [0.29, 0.717) is 18.9 Å². The number of carbonyl (C=O) groups is 2. The minimum atomic E-state index is -0.885. The molecule has 1 heterocycles. The fourth-order valence-corrected chi connectivity index (χ4v) is 2.94. The second-order valence-corrected chi connectivity index (χ2v) is 5.52. The summed E-state index contributed by atoms with van der Waals surface area (Å²) in [5.74, 6) is -0.837. The Morgan fingerprint density at radius 3 is 2.45 bits per heavy atom. The molecule has 2 N–H and O–H groups in total. The quantitative estimate of drug-likeness (QED) is 0.669. The number of carbonyl (C=O) groups excluding carboxylic acids is 1. The van der Waals surface area contributed by atoms with Crippen LogP contribution in [0.2, 0.25) is 0 Å². The highest BCUT2D eigenvalue weighted by molar-refractivity contribution is 5.79. The van der Waals surface area contributed by atoms with E-state index in [2.05, 4.69) is 19.2 Å². The van der Waals surface area contributed by atoms with Gasteiger partial charge in [0.1, 0.15) is 6.04 Å². The molecule has 3 atom stereocenters. The summed E-state index contributed by atoms with van der Waals surface area (Å²) in [7, 11) is 0. The molecule has 0 saturated carbocycles. The zero-order valence-corrected chi connectivity index (χ0v) is 12.7. The molecule has 1 saturated heterocycles. The largest absolute Gasteiger partial charge is 0.480 e. The number of hydrogen-bond donors (Lipinski definition) is 2. The Bertz CT molecular complexity index is 328. The first-order valence-electron chi connectivity index (χ1n) is 7.68. The lowest BCUT2D eigenvalue weighted by Crippen LogP contribution is -2.37. The molecule has 1 unspecified atom stereocenters. The average molecular weight is 285 g/mol. The standard InChI is InChI=1S/C15H27NO4/c1-4-10(5-2)7-8-12-11(15(19)20-6-3)9-13(16-12)14(17)18/h10-13,16H,4-9H2,1-3H3,(H,17,18)/t11-,12?,13-/m1/s1. The minimum absolute atomic E-state index is 0.0734. The lowest BCUT2D eigenvalue weighted by atomic mass is 9.90. The molecular weight excluding hydrogens is 258 g/mol. The molecular formula is C15H27NO4. The van der Waals surface area contributed by atoms with Crippen LogP contribution in [-0.2, 0) is 14.3 Å². The second kappa shape index (κ2) is 8.25. The Hall–Kier alpha value is -1.10. The fraction of sp³-hybridized carbons (Fsp3) is 0.867. The van der Waals surface area contributed by atoms with Gasteiger partial charge in [0.2, 0.25) is 0 Å². The first kappa shape index (κ1) is 17.0. The van der Waals surface area contributed by atoms with Crippen molar-refractivity contribution < 1.29 is 19.4 Å². The average Bonchev–Trinajstić information content (AvgIpc) is 2.84. The zero-order valence-electron chi connectivity index (χ0n) is 12.7. The molecule has 0 radical (unpaired) electrons. The predicted octanol–water partition coefficient (Wildman–Crippen LogP) is 2.20. The van der Waals surface area contributed by atoms with Gasteiger partial charge in [-0.2, -0.15) is 0 Å². The molecule has 1 aliphatic rings. The monoisotopic (exact) mass is 285 g/mol. The van der Waals surface area contributed by atoms with E-state index in [1.165, 1.54) is 0 Å². The van der Waals surface area contributed by atoms with Crippen molar-refractivity contribution in [1.29, 1.82) is 0 Å². The van der Waals surface area contributed by atoms with Crippen molar-refractivity contribution >= 4 is 11.9 Å². The number of carboxylic acid groups (broad SMARTS) is 1. The number of carboxylic acids is 1. The summed E-state index contributed by atoms with van der Waals surface area (Å²) in [5.41, 5.74) is 0. The summed E-state index contributed by atoms with van der Waals surface area (Å²) in [5, 5.41) is 12.2. The summed E-state index contributed by atoms with van der Waals surface area (Å²) in [6.45, 7) is 6.44. The first-order chi connectivity index (χ1) is 9.53. The molecule has 1 fully saturated rings. The van der Waals surface area contributed by atoms with Crippen LogP contribution in [0.5, 0.6) is 0 Å². The number of ether oxygens (including phenoxy) is 1. The van der Waals surface area contributed by atoms with Crippen LogP contribution >= 0.6 is 0 Å².